The van der Waals surface area contributed by atoms with E-state index in [4.69, 9.17) is 0 Å². The molecule has 0 aliphatic heterocycles. The molecule has 0 fully saturated rings. The predicted octanol–water partition coefficient (Wildman–Crippen LogP) is 4.77. The molecule has 1 N–H and O–H groups in total. The number of benzene rings is 1. The third kappa shape index (κ3) is 6.24. The molecule has 0 aliphatic carbocycles. The summed E-state index contributed by atoms with van der Waals surface area (Å²) in [5, 5.41) is 3.50. The zero-order valence-electron chi connectivity index (χ0n) is 13.4. The zero-order valence-corrected chi connectivity index (χ0v) is 13.4. The minimum Gasteiger partial charge on any atom is -0.317 e. The first-order valence-electron chi connectivity index (χ1n) is 7.74. The zero-order chi connectivity index (χ0) is 14.3. The molecule has 0 heterocycles. The van der Waals surface area contributed by atoms with Gasteiger partial charge in [-0.3, -0.25) is 0 Å². The average molecular weight is 261 g/mol. The maximum absolute atomic E-state index is 3.50. The van der Waals surface area contributed by atoms with Crippen molar-refractivity contribution in [3.63, 3.8) is 0 Å². The summed E-state index contributed by atoms with van der Waals surface area (Å²) in [6.07, 6.45) is 3.62. The molecule has 0 saturated heterocycles. The maximum atomic E-state index is 3.50. The highest BCUT2D eigenvalue weighted by atomic mass is 14.8. The molecule has 0 amide bonds. The van der Waals surface area contributed by atoms with E-state index in [0.717, 1.165) is 13.1 Å². The summed E-state index contributed by atoms with van der Waals surface area (Å²) < 4.78 is 0. The molecule has 0 saturated carbocycles. The van der Waals surface area contributed by atoms with Crippen LogP contribution in [-0.2, 0) is 6.42 Å². The smallest absolute Gasteiger partial charge is 0.00437 e. The quantitative estimate of drug-likeness (QED) is 0.665. The van der Waals surface area contributed by atoms with Crippen LogP contribution in [0.5, 0.6) is 0 Å². The summed E-state index contributed by atoms with van der Waals surface area (Å²) in [5.41, 5.74) is 3.27. The molecule has 0 aliphatic rings. The van der Waals surface area contributed by atoms with E-state index in [1.54, 1.807) is 0 Å². The van der Waals surface area contributed by atoms with Gasteiger partial charge >= 0.3 is 0 Å². The summed E-state index contributed by atoms with van der Waals surface area (Å²) in [7, 11) is 0. The Bertz CT molecular complexity index is 348. The third-order valence-corrected chi connectivity index (χ3v) is 3.73. The van der Waals surface area contributed by atoms with Gasteiger partial charge in [0.15, 0.2) is 0 Å². The summed E-state index contributed by atoms with van der Waals surface area (Å²) in [5.74, 6) is 0.625. The lowest BCUT2D eigenvalue weighted by Gasteiger charge is -2.25. The molecular formula is C18H31N. The standard InChI is InChI=1S/C18H31N/c1-6-12-19-13-11-18(4,5)14-16-7-9-17(10-8-16)15(2)3/h7-10,15,19H,6,11-14H2,1-5H3. The van der Waals surface area contributed by atoms with Gasteiger partial charge in [0.2, 0.25) is 0 Å². The lowest BCUT2D eigenvalue weighted by atomic mass is 9.82. The molecule has 19 heavy (non-hydrogen) atoms. The number of hydrogen-bond acceptors (Lipinski definition) is 1. The summed E-state index contributed by atoms with van der Waals surface area (Å²) in [4.78, 5) is 0. The Kier molecular flexibility index (Phi) is 6.57. The van der Waals surface area contributed by atoms with Crippen molar-refractivity contribution in [1.82, 2.24) is 5.32 Å². The van der Waals surface area contributed by atoms with Crippen LogP contribution in [0.25, 0.3) is 0 Å². The average Bonchev–Trinajstić information content (AvgIpc) is 2.35. The van der Waals surface area contributed by atoms with E-state index in [9.17, 15) is 0 Å². The first-order chi connectivity index (χ1) is 8.94. The van der Waals surface area contributed by atoms with Crippen LogP contribution in [0.4, 0.5) is 0 Å². The fourth-order valence-electron chi connectivity index (χ4n) is 2.39. The Hall–Kier alpha value is -0.820. The number of hydrogen-bond donors (Lipinski definition) is 1. The Morgan fingerprint density at radius 1 is 1.05 bits per heavy atom. The maximum Gasteiger partial charge on any atom is -0.00437 e. The van der Waals surface area contributed by atoms with Crippen LogP contribution in [0.2, 0.25) is 0 Å². The summed E-state index contributed by atoms with van der Waals surface area (Å²) >= 11 is 0. The van der Waals surface area contributed by atoms with Crippen LogP contribution < -0.4 is 5.32 Å². The van der Waals surface area contributed by atoms with Crippen molar-refractivity contribution in [1.29, 1.82) is 0 Å². The van der Waals surface area contributed by atoms with E-state index in [2.05, 4.69) is 64.2 Å². The third-order valence-electron chi connectivity index (χ3n) is 3.73. The Balaban J connectivity index is 2.47. The van der Waals surface area contributed by atoms with Gasteiger partial charge in [-0.05, 0) is 54.8 Å². The van der Waals surface area contributed by atoms with Gasteiger partial charge in [0.25, 0.3) is 0 Å². The van der Waals surface area contributed by atoms with E-state index >= 15 is 0 Å². The van der Waals surface area contributed by atoms with Gasteiger partial charge < -0.3 is 5.32 Å². The molecule has 0 atom stereocenters. The SMILES string of the molecule is CCCNCCC(C)(C)Cc1ccc(C(C)C)cc1. The summed E-state index contributed by atoms with van der Waals surface area (Å²) in [6, 6.07) is 9.17. The molecule has 0 radical (unpaired) electrons. The van der Waals surface area contributed by atoms with Crippen LogP contribution in [0.15, 0.2) is 24.3 Å². The second-order valence-corrected chi connectivity index (χ2v) is 6.74. The number of rotatable bonds is 8. The van der Waals surface area contributed by atoms with Gasteiger partial charge in [-0.1, -0.05) is 58.9 Å². The van der Waals surface area contributed by atoms with E-state index in [1.807, 2.05) is 0 Å². The van der Waals surface area contributed by atoms with E-state index < -0.39 is 0 Å². The topological polar surface area (TPSA) is 12.0 Å². The fraction of sp³-hybridized carbons (Fsp3) is 0.667. The lowest BCUT2D eigenvalue weighted by Crippen LogP contribution is -2.24. The lowest BCUT2D eigenvalue weighted by molar-refractivity contribution is 0.325. The van der Waals surface area contributed by atoms with E-state index in [0.29, 0.717) is 11.3 Å². The van der Waals surface area contributed by atoms with Crippen LogP contribution >= 0.6 is 0 Å². The predicted molar refractivity (Wildman–Crippen MR) is 85.8 cm³/mol. The molecular weight excluding hydrogens is 230 g/mol. The minimum atomic E-state index is 0.375. The molecule has 1 heteroatoms. The van der Waals surface area contributed by atoms with Gasteiger partial charge in [0, 0.05) is 0 Å². The van der Waals surface area contributed by atoms with Crippen molar-refractivity contribution in [2.75, 3.05) is 13.1 Å². The van der Waals surface area contributed by atoms with E-state index in [1.165, 1.54) is 30.4 Å². The largest absolute Gasteiger partial charge is 0.317 e. The molecule has 108 valence electrons. The van der Waals surface area contributed by atoms with Crippen molar-refractivity contribution < 1.29 is 0 Å². The first-order valence-corrected chi connectivity index (χ1v) is 7.74. The molecule has 0 unspecified atom stereocenters. The Labute approximate surface area is 119 Å². The van der Waals surface area contributed by atoms with E-state index in [-0.39, 0.29) is 0 Å². The molecule has 0 aromatic heterocycles. The molecule has 1 rings (SSSR count). The highest BCUT2D eigenvalue weighted by Crippen LogP contribution is 2.26. The van der Waals surface area contributed by atoms with Crippen molar-refractivity contribution in [3.8, 4) is 0 Å². The van der Waals surface area contributed by atoms with Crippen molar-refractivity contribution in [2.24, 2.45) is 5.41 Å². The van der Waals surface area contributed by atoms with Crippen molar-refractivity contribution in [2.45, 2.75) is 59.8 Å². The van der Waals surface area contributed by atoms with Gasteiger partial charge in [-0.2, -0.15) is 0 Å². The second-order valence-electron chi connectivity index (χ2n) is 6.74. The minimum absolute atomic E-state index is 0.375. The molecule has 0 spiro atoms. The van der Waals surface area contributed by atoms with Gasteiger partial charge in [-0.15, -0.1) is 0 Å². The normalized spacial score (nSPS) is 12.1. The molecule has 1 nitrogen and oxygen atoms in total. The van der Waals surface area contributed by atoms with Crippen LogP contribution in [0.3, 0.4) is 0 Å². The van der Waals surface area contributed by atoms with Crippen molar-refractivity contribution in [3.05, 3.63) is 35.4 Å². The Morgan fingerprint density at radius 3 is 2.21 bits per heavy atom. The van der Waals surface area contributed by atoms with Gasteiger partial charge in [0.1, 0.15) is 0 Å². The number of nitrogens with one attached hydrogen (secondary N) is 1. The molecule has 1 aromatic carbocycles. The van der Waals surface area contributed by atoms with Gasteiger partial charge in [-0.25, -0.2) is 0 Å². The van der Waals surface area contributed by atoms with Crippen LogP contribution in [0, 0.1) is 5.41 Å². The highest BCUT2D eigenvalue weighted by molar-refractivity contribution is 5.25. The Morgan fingerprint density at radius 2 is 1.68 bits per heavy atom. The fourth-order valence-corrected chi connectivity index (χ4v) is 2.39. The molecule has 0 bridgehead atoms. The van der Waals surface area contributed by atoms with Crippen molar-refractivity contribution >= 4 is 0 Å². The summed E-state index contributed by atoms with van der Waals surface area (Å²) in [6.45, 7) is 13.7. The molecule has 1 aromatic rings. The second kappa shape index (κ2) is 7.69. The van der Waals surface area contributed by atoms with Gasteiger partial charge in [0.05, 0.1) is 0 Å². The highest BCUT2D eigenvalue weighted by Gasteiger charge is 2.17. The first kappa shape index (κ1) is 16.2. The van der Waals surface area contributed by atoms with Crippen LogP contribution in [-0.4, -0.2) is 13.1 Å². The van der Waals surface area contributed by atoms with Crippen LogP contribution in [0.1, 0.15) is 64.5 Å². The monoisotopic (exact) mass is 261 g/mol.